The fourth-order valence-corrected chi connectivity index (χ4v) is 4.05. The molecule has 1 aromatic carbocycles. The molecular weight excluding hydrogens is 350 g/mol. The predicted molar refractivity (Wildman–Crippen MR) is 92.0 cm³/mol. The Balaban J connectivity index is 2.73. The summed E-state index contributed by atoms with van der Waals surface area (Å²) in [7, 11) is 1.38. The first-order chi connectivity index (χ1) is 9.86. The molecule has 0 spiro atoms. The summed E-state index contributed by atoms with van der Waals surface area (Å²) >= 11 is 4.91. The number of hydrogen-bond donors (Lipinski definition) is 1. The van der Waals surface area contributed by atoms with E-state index in [0.717, 1.165) is 26.0 Å². The lowest BCUT2D eigenvalue weighted by Crippen LogP contribution is -2.03. The van der Waals surface area contributed by atoms with Crippen molar-refractivity contribution in [1.82, 2.24) is 0 Å². The van der Waals surface area contributed by atoms with Gasteiger partial charge >= 0.3 is 5.97 Å². The van der Waals surface area contributed by atoms with Gasteiger partial charge in [0.2, 0.25) is 0 Å². The zero-order valence-electron chi connectivity index (χ0n) is 12.5. The van der Waals surface area contributed by atoms with Gasteiger partial charge in [0.15, 0.2) is 0 Å². The molecule has 21 heavy (non-hydrogen) atoms. The topological polar surface area (TPSA) is 52.3 Å². The van der Waals surface area contributed by atoms with Gasteiger partial charge in [-0.3, -0.25) is 0 Å². The lowest BCUT2D eigenvalue weighted by atomic mass is 9.96. The van der Waals surface area contributed by atoms with Crippen LogP contribution in [0.15, 0.2) is 22.7 Å². The number of carbonyl (C=O) groups excluding carboxylic acids is 1. The number of nitrogens with two attached hydrogens (primary N) is 1. The highest BCUT2D eigenvalue weighted by Crippen LogP contribution is 2.44. The fraction of sp³-hybridized carbons (Fsp3) is 0.312. The van der Waals surface area contributed by atoms with Gasteiger partial charge in [-0.2, -0.15) is 0 Å². The highest BCUT2D eigenvalue weighted by atomic mass is 79.9. The van der Waals surface area contributed by atoms with Gasteiger partial charge in [-0.05, 0) is 41.7 Å². The van der Waals surface area contributed by atoms with Crippen LogP contribution in [0.3, 0.4) is 0 Å². The van der Waals surface area contributed by atoms with E-state index in [-0.39, 0.29) is 11.9 Å². The van der Waals surface area contributed by atoms with Gasteiger partial charge in [-0.25, -0.2) is 4.79 Å². The number of anilines is 1. The first-order valence-corrected chi connectivity index (χ1v) is 8.24. The number of hydrogen-bond acceptors (Lipinski definition) is 4. The number of esters is 1. The maximum absolute atomic E-state index is 11.9. The summed E-state index contributed by atoms with van der Waals surface area (Å²) in [6.07, 6.45) is 0. The lowest BCUT2D eigenvalue weighted by molar-refractivity contribution is 0.0607. The quantitative estimate of drug-likeness (QED) is 0.778. The van der Waals surface area contributed by atoms with Gasteiger partial charge in [0, 0.05) is 9.35 Å². The third kappa shape index (κ3) is 2.99. The largest absolute Gasteiger partial charge is 0.465 e. The molecule has 0 aliphatic rings. The van der Waals surface area contributed by atoms with Crippen molar-refractivity contribution in [3.8, 4) is 10.4 Å². The Morgan fingerprint density at radius 2 is 2.05 bits per heavy atom. The van der Waals surface area contributed by atoms with E-state index in [0.29, 0.717) is 10.6 Å². The van der Waals surface area contributed by atoms with Gasteiger partial charge in [-0.15, -0.1) is 11.3 Å². The number of thiophene rings is 1. The molecule has 0 radical (unpaired) electrons. The van der Waals surface area contributed by atoms with Crippen molar-refractivity contribution in [1.29, 1.82) is 0 Å². The predicted octanol–water partition coefficient (Wildman–Crippen LogP) is 4.98. The Morgan fingerprint density at radius 1 is 1.38 bits per heavy atom. The van der Waals surface area contributed by atoms with Crippen molar-refractivity contribution >= 4 is 38.9 Å². The van der Waals surface area contributed by atoms with E-state index in [1.54, 1.807) is 0 Å². The second-order valence-electron chi connectivity index (χ2n) is 5.19. The highest BCUT2D eigenvalue weighted by molar-refractivity contribution is 9.10. The van der Waals surface area contributed by atoms with Crippen LogP contribution in [0.5, 0.6) is 0 Å². The number of halogens is 1. The molecule has 0 fully saturated rings. The first kappa shape index (κ1) is 16.0. The van der Waals surface area contributed by atoms with Gasteiger partial charge in [0.25, 0.3) is 0 Å². The summed E-state index contributed by atoms with van der Waals surface area (Å²) < 4.78 is 5.84. The summed E-state index contributed by atoms with van der Waals surface area (Å²) in [5.74, 6) is -0.147. The molecule has 2 N–H and O–H groups in total. The third-order valence-electron chi connectivity index (χ3n) is 3.38. The molecule has 2 rings (SSSR count). The second-order valence-corrected chi connectivity index (χ2v) is 7.13. The van der Waals surface area contributed by atoms with Crippen molar-refractivity contribution < 1.29 is 9.53 Å². The van der Waals surface area contributed by atoms with Crippen molar-refractivity contribution in [2.75, 3.05) is 12.8 Å². The smallest absolute Gasteiger partial charge is 0.350 e. The van der Waals surface area contributed by atoms with Gasteiger partial charge in [0.1, 0.15) is 4.88 Å². The van der Waals surface area contributed by atoms with Crippen LogP contribution in [0.2, 0.25) is 0 Å². The van der Waals surface area contributed by atoms with Crippen LogP contribution in [0, 0.1) is 6.92 Å². The summed E-state index contributed by atoms with van der Waals surface area (Å²) in [5.41, 5.74) is 10.0. The van der Waals surface area contributed by atoms with E-state index in [2.05, 4.69) is 48.8 Å². The van der Waals surface area contributed by atoms with Crippen LogP contribution in [0.4, 0.5) is 5.69 Å². The Kier molecular flexibility index (Phi) is 4.74. The minimum absolute atomic E-state index is 0.230. The Bertz CT molecular complexity index is 692. The van der Waals surface area contributed by atoms with Crippen LogP contribution in [-0.4, -0.2) is 13.1 Å². The SMILES string of the molecule is COC(=O)c1sc(-c2cc(Br)ccc2C)c(C(C)C)c1N. The van der Waals surface area contributed by atoms with Crippen LogP contribution < -0.4 is 5.73 Å². The molecule has 0 amide bonds. The van der Waals surface area contributed by atoms with E-state index in [9.17, 15) is 4.79 Å². The molecule has 0 atom stereocenters. The number of ether oxygens (including phenoxy) is 1. The van der Waals surface area contributed by atoms with E-state index < -0.39 is 0 Å². The van der Waals surface area contributed by atoms with Crippen LogP contribution in [0.25, 0.3) is 10.4 Å². The minimum Gasteiger partial charge on any atom is -0.465 e. The summed E-state index contributed by atoms with van der Waals surface area (Å²) in [4.78, 5) is 13.4. The van der Waals surface area contributed by atoms with Gasteiger partial charge in [0.05, 0.1) is 12.8 Å². The first-order valence-electron chi connectivity index (χ1n) is 6.63. The average molecular weight is 368 g/mol. The summed E-state index contributed by atoms with van der Waals surface area (Å²) in [6, 6.07) is 6.12. The molecule has 0 bridgehead atoms. The van der Waals surface area contributed by atoms with Gasteiger partial charge < -0.3 is 10.5 Å². The average Bonchev–Trinajstić information content (AvgIpc) is 2.78. The zero-order chi connectivity index (χ0) is 15.7. The molecule has 1 aromatic heterocycles. The summed E-state index contributed by atoms with van der Waals surface area (Å²) in [6.45, 7) is 6.21. The van der Waals surface area contributed by atoms with E-state index in [1.807, 2.05) is 6.07 Å². The monoisotopic (exact) mass is 367 g/mol. The van der Waals surface area contributed by atoms with Crippen molar-refractivity contribution in [2.45, 2.75) is 26.7 Å². The summed E-state index contributed by atoms with van der Waals surface area (Å²) in [5, 5.41) is 0. The van der Waals surface area contributed by atoms with Gasteiger partial charge in [-0.1, -0.05) is 35.8 Å². The molecule has 0 aliphatic carbocycles. The lowest BCUT2D eigenvalue weighted by Gasteiger charge is -2.11. The van der Waals surface area contributed by atoms with E-state index in [1.165, 1.54) is 18.4 Å². The molecule has 0 aliphatic heterocycles. The second kappa shape index (κ2) is 6.20. The molecular formula is C16H18BrNO2S. The number of rotatable bonds is 3. The molecule has 5 heteroatoms. The molecule has 1 heterocycles. The molecule has 0 saturated heterocycles. The van der Waals surface area contributed by atoms with Crippen LogP contribution in [0.1, 0.15) is 40.6 Å². The maximum atomic E-state index is 11.9. The third-order valence-corrected chi connectivity index (χ3v) is 5.10. The van der Waals surface area contributed by atoms with Crippen molar-refractivity contribution in [2.24, 2.45) is 0 Å². The number of benzene rings is 1. The number of carbonyl (C=O) groups is 1. The number of aryl methyl sites for hydroxylation is 1. The number of nitrogen functional groups attached to an aromatic ring is 1. The fourth-order valence-electron chi connectivity index (χ4n) is 2.31. The Hall–Kier alpha value is -1.33. The van der Waals surface area contributed by atoms with Crippen LogP contribution in [-0.2, 0) is 4.74 Å². The van der Waals surface area contributed by atoms with Crippen molar-refractivity contribution in [3.63, 3.8) is 0 Å². The number of methoxy groups -OCH3 is 1. The van der Waals surface area contributed by atoms with E-state index in [4.69, 9.17) is 10.5 Å². The molecule has 0 saturated carbocycles. The highest BCUT2D eigenvalue weighted by Gasteiger charge is 2.24. The zero-order valence-corrected chi connectivity index (χ0v) is 14.9. The van der Waals surface area contributed by atoms with E-state index >= 15 is 0 Å². The minimum atomic E-state index is -0.377. The van der Waals surface area contributed by atoms with Crippen molar-refractivity contribution in [3.05, 3.63) is 38.7 Å². The Morgan fingerprint density at radius 3 is 2.62 bits per heavy atom. The Labute approximate surface area is 137 Å². The normalized spacial score (nSPS) is 11.0. The standard InChI is InChI=1S/C16H18BrNO2S/c1-8(2)12-13(18)15(16(19)20-4)21-14(12)11-7-10(17)6-5-9(11)3/h5-8H,18H2,1-4H3. The molecule has 3 nitrogen and oxygen atoms in total. The molecule has 0 unspecified atom stereocenters. The molecule has 2 aromatic rings. The van der Waals surface area contributed by atoms with Crippen LogP contribution >= 0.6 is 27.3 Å². The molecule has 112 valence electrons. The maximum Gasteiger partial charge on any atom is 0.350 e.